The average Bonchev–Trinajstić information content (AvgIpc) is 3.66. The van der Waals surface area contributed by atoms with Crippen LogP contribution in [0.1, 0.15) is 84.6 Å². The lowest BCUT2D eigenvalue weighted by molar-refractivity contribution is -0.143. The van der Waals surface area contributed by atoms with E-state index in [1.807, 2.05) is 20.8 Å². The SMILES string of the molecule is CC[C@H](C)[C@H](NC(=O)[C@H](Cc1ccc(O)cc1)NC(=O)[C@@H]1CCCN1C(=O)[C@@H](N)CCCN=C(N)NC(=O)[C@@H](N)CCCN=C(N)N)C(=O)N[C@@H](CC(C)C)C(=O)O. The maximum Gasteiger partial charge on any atom is 0.326 e. The number of phenolic OH excluding ortho intramolecular Hbond substituents is 1. The molecule has 2 rings (SSSR count). The number of amides is 5. The third-order valence-corrected chi connectivity index (χ3v) is 9.79. The second kappa shape index (κ2) is 24.3. The van der Waals surface area contributed by atoms with E-state index in [1.54, 1.807) is 19.1 Å². The fourth-order valence-electron chi connectivity index (χ4n) is 6.31. The molecule has 20 nitrogen and oxygen atoms in total. The van der Waals surface area contributed by atoms with Crippen LogP contribution >= 0.6 is 0 Å². The van der Waals surface area contributed by atoms with E-state index < -0.39 is 77.7 Å². The number of nitrogens with one attached hydrogen (secondary N) is 4. The topological polar surface area (TPSA) is 349 Å². The summed E-state index contributed by atoms with van der Waals surface area (Å²) in [6.07, 6.45) is 2.81. The Morgan fingerprint density at radius 3 is 2.05 bits per heavy atom. The van der Waals surface area contributed by atoms with Gasteiger partial charge in [0.25, 0.3) is 0 Å². The lowest BCUT2D eigenvalue weighted by Gasteiger charge is -2.30. The summed E-state index contributed by atoms with van der Waals surface area (Å²) >= 11 is 0. The highest BCUT2D eigenvalue weighted by atomic mass is 16.4. The van der Waals surface area contributed by atoms with Crippen molar-refractivity contribution in [2.24, 2.45) is 50.5 Å². The average molecular weight is 817 g/mol. The van der Waals surface area contributed by atoms with E-state index in [0.29, 0.717) is 50.6 Å². The molecule has 7 atom stereocenters. The van der Waals surface area contributed by atoms with Gasteiger partial charge >= 0.3 is 5.97 Å². The number of nitrogens with zero attached hydrogens (tertiary/aromatic N) is 3. The van der Waals surface area contributed by atoms with Crippen LogP contribution in [0.3, 0.4) is 0 Å². The number of rotatable bonds is 23. The van der Waals surface area contributed by atoms with Crippen LogP contribution in [0.25, 0.3) is 0 Å². The molecular formula is C38H64N12O8. The molecule has 0 saturated carbocycles. The molecule has 58 heavy (non-hydrogen) atoms. The highest BCUT2D eigenvalue weighted by Gasteiger charge is 2.38. The molecule has 1 heterocycles. The van der Waals surface area contributed by atoms with Crippen molar-refractivity contribution < 1.29 is 39.0 Å². The molecule has 0 aromatic heterocycles. The molecule has 1 saturated heterocycles. The number of phenols is 1. The van der Waals surface area contributed by atoms with E-state index in [-0.39, 0.29) is 55.9 Å². The summed E-state index contributed by atoms with van der Waals surface area (Å²) in [6, 6.07) is -0.188. The van der Waals surface area contributed by atoms with E-state index in [9.17, 15) is 39.0 Å². The van der Waals surface area contributed by atoms with Gasteiger partial charge in [0, 0.05) is 26.1 Å². The number of carboxylic acids is 1. The van der Waals surface area contributed by atoms with Crippen LogP contribution in [-0.4, -0.2) is 118 Å². The number of carboxylic acid groups (broad SMARTS) is 1. The number of aromatic hydroxyl groups is 1. The number of hydrogen-bond donors (Lipinski definition) is 11. The van der Waals surface area contributed by atoms with Crippen molar-refractivity contribution in [2.75, 3.05) is 19.6 Å². The van der Waals surface area contributed by atoms with Gasteiger partial charge in [-0.1, -0.05) is 46.2 Å². The normalized spacial score (nSPS) is 17.3. The summed E-state index contributed by atoms with van der Waals surface area (Å²) in [5.74, 6) is -4.74. The van der Waals surface area contributed by atoms with Gasteiger partial charge in [0.15, 0.2) is 11.9 Å². The Bertz CT molecular complexity index is 1600. The molecule has 1 fully saturated rings. The minimum Gasteiger partial charge on any atom is -0.508 e. The van der Waals surface area contributed by atoms with Gasteiger partial charge in [-0.25, -0.2) is 4.79 Å². The third kappa shape index (κ3) is 16.5. The molecule has 0 unspecified atom stereocenters. The Hall–Kier alpha value is -5.50. The Kier molecular flexibility index (Phi) is 20.4. The first kappa shape index (κ1) is 48.6. The molecule has 5 amide bonds. The van der Waals surface area contributed by atoms with Crippen LogP contribution in [-0.2, 0) is 35.2 Å². The molecule has 0 bridgehead atoms. The molecule has 0 spiro atoms. The van der Waals surface area contributed by atoms with Crippen LogP contribution in [0.5, 0.6) is 5.75 Å². The van der Waals surface area contributed by atoms with Crippen LogP contribution < -0.4 is 49.9 Å². The number of aliphatic imine (C=N–C) groups is 2. The summed E-state index contributed by atoms with van der Waals surface area (Å²) in [5.41, 5.74) is 29.1. The van der Waals surface area contributed by atoms with Gasteiger partial charge in [-0.2, -0.15) is 0 Å². The van der Waals surface area contributed by atoms with E-state index in [2.05, 4.69) is 31.3 Å². The Morgan fingerprint density at radius 1 is 0.845 bits per heavy atom. The van der Waals surface area contributed by atoms with Gasteiger partial charge in [0.1, 0.15) is 29.9 Å². The maximum atomic E-state index is 13.9. The molecule has 16 N–H and O–H groups in total. The standard InChI is InChI=1S/C38H64N12O8/c1-5-22(4)30(34(55)47-28(36(57)58)19-21(2)3)48-32(53)27(20-23-12-14-24(51)15-13-23)46-33(54)29-11-8-18-50(29)35(56)26(40)10-7-17-45-38(43)49-31(52)25(39)9-6-16-44-37(41)42/h12-15,21-22,25-30,51H,5-11,16-20,39-40H2,1-4H3,(H,46,54)(H,47,55)(H,48,53)(H,57,58)(H4,41,42,44)(H3,43,45,49,52)/t22-,25-,26-,27-,28-,29-,30-/m0/s1. The minimum absolute atomic E-state index is 0.00312. The molecule has 1 aromatic carbocycles. The number of benzene rings is 1. The van der Waals surface area contributed by atoms with Gasteiger partial charge in [-0.3, -0.25) is 39.3 Å². The smallest absolute Gasteiger partial charge is 0.326 e. The number of carbonyl (C=O) groups excluding carboxylic acids is 5. The summed E-state index contributed by atoms with van der Waals surface area (Å²) in [4.78, 5) is 88.3. The zero-order valence-electron chi connectivity index (χ0n) is 34.0. The van der Waals surface area contributed by atoms with E-state index in [1.165, 1.54) is 17.0 Å². The first-order chi connectivity index (χ1) is 27.3. The quantitative estimate of drug-likeness (QED) is 0.0340. The summed E-state index contributed by atoms with van der Waals surface area (Å²) in [5, 5.41) is 30.0. The number of guanidine groups is 2. The predicted molar refractivity (Wildman–Crippen MR) is 219 cm³/mol. The van der Waals surface area contributed by atoms with Crippen LogP contribution in [0.2, 0.25) is 0 Å². The first-order valence-corrected chi connectivity index (χ1v) is 19.7. The number of nitrogens with two attached hydrogens (primary N) is 5. The number of carbonyl (C=O) groups is 6. The highest BCUT2D eigenvalue weighted by molar-refractivity contribution is 5.98. The molecule has 0 aliphatic carbocycles. The van der Waals surface area contributed by atoms with Gasteiger partial charge in [-0.05, 0) is 74.5 Å². The lowest BCUT2D eigenvalue weighted by Crippen LogP contribution is -2.59. The highest BCUT2D eigenvalue weighted by Crippen LogP contribution is 2.20. The van der Waals surface area contributed by atoms with Crippen molar-refractivity contribution >= 4 is 47.4 Å². The van der Waals surface area contributed by atoms with E-state index in [0.717, 1.165) is 0 Å². The fraction of sp³-hybridized carbons (Fsp3) is 0.632. The van der Waals surface area contributed by atoms with Crippen LogP contribution in [0, 0.1) is 11.8 Å². The lowest BCUT2D eigenvalue weighted by atomic mass is 9.96. The van der Waals surface area contributed by atoms with Gasteiger partial charge in [-0.15, -0.1) is 0 Å². The molecule has 0 radical (unpaired) electrons. The third-order valence-electron chi connectivity index (χ3n) is 9.79. The van der Waals surface area contributed by atoms with Crippen molar-refractivity contribution in [3.63, 3.8) is 0 Å². The minimum atomic E-state index is -1.21. The van der Waals surface area contributed by atoms with Crippen molar-refractivity contribution in [3.05, 3.63) is 29.8 Å². The number of aliphatic carboxylic acids is 1. The zero-order valence-corrected chi connectivity index (χ0v) is 34.0. The van der Waals surface area contributed by atoms with Gasteiger partial charge < -0.3 is 59.7 Å². The zero-order chi connectivity index (χ0) is 43.5. The van der Waals surface area contributed by atoms with Crippen LogP contribution in [0.4, 0.5) is 0 Å². The molecule has 1 aromatic rings. The predicted octanol–water partition coefficient (Wildman–Crippen LogP) is -1.52. The second-order valence-corrected chi connectivity index (χ2v) is 15.1. The molecular weight excluding hydrogens is 752 g/mol. The van der Waals surface area contributed by atoms with Crippen molar-refractivity contribution in [1.29, 1.82) is 0 Å². The fourth-order valence-corrected chi connectivity index (χ4v) is 6.31. The summed E-state index contributed by atoms with van der Waals surface area (Å²) < 4.78 is 0. The molecule has 1 aliphatic rings. The van der Waals surface area contributed by atoms with Gasteiger partial charge in [0.2, 0.25) is 29.5 Å². The number of likely N-dealkylation sites (tertiary alicyclic amines) is 1. The van der Waals surface area contributed by atoms with Crippen LogP contribution in [0.15, 0.2) is 34.3 Å². The first-order valence-electron chi connectivity index (χ1n) is 19.7. The van der Waals surface area contributed by atoms with E-state index >= 15 is 0 Å². The molecule has 1 aliphatic heterocycles. The van der Waals surface area contributed by atoms with Gasteiger partial charge in [0.05, 0.1) is 12.1 Å². The van der Waals surface area contributed by atoms with Crippen molar-refractivity contribution in [3.8, 4) is 5.75 Å². The van der Waals surface area contributed by atoms with Crippen molar-refractivity contribution in [1.82, 2.24) is 26.2 Å². The molecule has 20 heteroatoms. The number of hydrogen-bond acceptors (Lipinski definition) is 11. The summed E-state index contributed by atoms with van der Waals surface area (Å²) in [7, 11) is 0. The Balaban J connectivity index is 2.11. The summed E-state index contributed by atoms with van der Waals surface area (Å²) in [6.45, 7) is 7.98. The maximum absolute atomic E-state index is 13.9. The van der Waals surface area contributed by atoms with E-state index in [4.69, 9.17) is 28.7 Å². The monoisotopic (exact) mass is 816 g/mol. The molecule has 324 valence electrons. The van der Waals surface area contributed by atoms with Crippen molar-refractivity contribution in [2.45, 2.75) is 122 Å². The second-order valence-electron chi connectivity index (χ2n) is 15.1. The largest absolute Gasteiger partial charge is 0.508 e. The Labute approximate surface area is 339 Å². The Morgan fingerprint density at radius 2 is 1.47 bits per heavy atom.